The van der Waals surface area contributed by atoms with E-state index in [4.69, 9.17) is 38.1 Å². The molecule has 40 heavy (non-hydrogen) atoms. The second-order valence-corrected chi connectivity index (χ2v) is 10.3. The second kappa shape index (κ2) is 14.2. The van der Waals surface area contributed by atoms with E-state index in [9.17, 15) is 9.59 Å². The molecule has 0 radical (unpaired) electrons. The summed E-state index contributed by atoms with van der Waals surface area (Å²) in [5.41, 5.74) is 1.40. The van der Waals surface area contributed by atoms with Crippen LogP contribution < -0.4 is 20.1 Å². The third-order valence-electron chi connectivity index (χ3n) is 6.69. The maximum Gasteiger partial charge on any atom is 0.251 e. The first-order valence-electron chi connectivity index (χ1n) is 13.0. The summed E-state index contributed by atoms with van der Waals surface area (Å²) in [7, 11) is 1.55. The molecule has 0 saturated carbocycles. The fourth-order valence-corrected chi connectivity index (χ4v) is 4.95. The van der Waals surface area contributed by atoms with E-state index < -0.39 is 0 Å². The lowest BCUT2D eigenvalue weighted by Gasteiger charge is -2.31. The van der Waals surface area contributed by atoms with Crippen LogP contribution >= 0.6 is 23.2 Å². The summed E-state index contributed by atoms with van der Waals surface area (Å²) in [5.74, 6) is 0.810. The van der Waals surface area contributed by atoms with Crippen LogP contribution in [0.1, 0.15) is 28.8 Å². The van der Waals surface area contributed by atoms with E-state index in [-0.39, 0.29) is 24.3 Å². The molecule has 0 aliphatic carbocycles. The van der Waals surface area contributed by atoms with Gasteiger partial charge in [-0.3, -0.25) is 25.2 Å². The molecule has 0 unspecified atom stereocenters. The Kier molecular flexibility index (Phi) is 10.4. The molecular formula is C28H32Cl2N6O4. The Morgan fingerprint density at radius 1 is 1.12 bits per heavy atom. The number of carbonyl (C=O) groups excluding carboxylic acids is 2. The van der Waals surface area contributed by atoms with E-state index in [0.717, 1.165) is 31.5 Å². The number of halogens is 2. The number of hydrogen-bond donors (Lipinski definition) is 3. The SMILES string of the molecule is COc1ccc(C(=O)NCC2CCN(CC(=O)NC(=N)n3cccn3)CC2)cc1OCCc1ccc(Cl)cc1Cl. The maximum atomic E-state index is 12.9. The van der Waals surface area contributed by atoms with Crippen LogP contribution in [0.5, 0.6) is 11.5 Å². The zero-order valence-corrected chi connectivity index (χ0v) is 23.7. The van der Waals surface area contributed by atoms with Crippen molar-refractivity contribution in [2.75, 3.05) is 39.9 Å². The first-order valence-corrected chi connectivity index (χ1v) is 13.7. The average molecular weight is 588 g/mol. The second-order valence-electron chi connectivity index (χ2n) is 9.48. The van der Waals surface area contributed by atoms with Crippen molar-refractivity contribution in [1.82, 2.24) is 25.3 Å². The minimum Gasteiger partial charge on any atom is -0.493 e. The predicted octanol–water partition coefficient (Wildman–Crippen LogP) is 3.86. The number of benzene rings is 2. The van der Waals surface area contributed by atoms with Crippen LogP contribution in [0.25, 0.3) is 0 Å². The average Bonchev–Trinajstić information content (AvgIpc) is 3.49. The van der Waals surface area contributed by atoms with Gasteiger partial charge in [-0.1, -0.05) is 29.3 Å². The normalized spacial score (nSPS) is 14.0. The first kappa shape index (κ1) is 29.4. The summed E-state index contributed by atoms with van der Waals surface area (Å²) >= 11 is 12.2. The molecule has 0 spiro atoms. The van der Waals surface area contributed by atoms with Gasteiger partial charge in [-0.25, -0.2) is 4.68 Å². The molecule has 1 aromatic heterocycles. The highest BCUT2D eigenvalue weighted by molar-refractivity contribution is 6.35. The number of likely N-dealkylation sites (tertiary alicyclic amines) is 1. The molecule has 3 N–H and O–H groups in total. The van der Waals surface area contributed by atoms with Crippen molar-refractivity contribution in [3.05, 3.63) is 76.0 Å². The van der Waals surface area contributed by atoms with E-state index in [1.165, 1.54) is 4.68 Å². The summed E-state index contributed by atoms with van der Waals surface area (Å²) in [4.78, 5) is 27.2. The van der Waals surface area contributed by atoms with Crippen molar-refractivity contribution in [3.8, 4) is 11.5 Å². The van der Waals surface area contributed by atoms with Gasteiger partial charge in [0.2, 0.25) is 11.9 Å². The number of ether oxygens (including phenoxy) is 2. The minimum absolute atomic E-state index is 0.0781. The predicted molar refractivity (Wildman–Crippen MR) is 154 cm³/mol. The van der Waals surface area contributed by atoms with Crippen molar-refractivity contribution in [3.63, 3.8) is 0 Å². The van der Waals surface area contributed by atoms with E-state index in [1.807, 2.05) is 11.0 Å². The Morgan fingerprint density at radius 2 is 1.93 bits per heavy atom. The molecule has 1 aliphatic rings. The Labute approximate surface area is 243 Å². The molecule has 2 amide bonds. The Hall–Kier alpha value is -3.60. The molecule has 12 heteroatoms. The standard InChI is InChI=1S/C28H32Cl2N6O4/c1-39-24-6-4-21(15-25(24)40-14-9-20-3-5-22(29)16-23(20)30)27(38)32-17-19-7-12-35(13-8-19)18-26(37)34-28(31)36-11-2-10-33-36/h2-6,10-11,15-16,19H,7-9,12-14,17-18H2,1H3,(H,32,38)(H2,31,34,37). The van der Waals surface area contributed by atoms with Gasteiger partial charge in [0, 0.05) is 41.0 Å². The van der Waals surface area contributed by atoms with Crippen molar-refractivity contribution >= 4 is 41.0 Å². The van der Waals surface area contributed by atoms with E-state index >= 15 is 0 Å². The number of methoxy groups -OCH3 is 1. The van der Waals surface area contributed by atoms with Crippen LogP contribution in [0.4, 0.5) is 0 Å². The number of carbonyl (C=O) groups is 2. The summed E-state index contributed by atoms with van der Waals surface area (Å²) < 4.78 is 12.6. The number of hydrogen-bond acceptors (Lipinski definition) is 7. The van der Waals surface area contributed by atoms with E-state index in [0.29, 0.717) is 52.6 Å². The molecule has 4 rings (SSSR count). The van der Waals surface area contributed by atoms with Gasteiger partial charge in [-0.2, -0.15) is 5.10 Å². The lowest BCUT2D eigenvalue weighted by atomic mass is 9.96. The van der Waals surface area contributed by atoms with Gasteiger partial charge in [0.05, 0.1) is 20.3 Å². The van der Waals surface area contributed by atoms with Gasteiger partial charge >= 0.3 is 0 Å². The van der Waals surface area contributed by atoms with Crippen molar-refractivity contribution in [2.45, 2.75) is 19.3 Å². The smallest absolute Gasteiger partial charge is 0.251 e. The van der Waals surface area contributed by atoms with Crippen LogP contribution in [0.3, 0.4) is 0 Å². The molecule has 212 valence electrons. The van der Waals surface area contributed by atoms with Crippen LogP contribution in [-0.2, 0) is 11.2 Å². The number of nitrogens with zero attached hydrogens (tertiary/aromatic N) is 3. The number of aromatic nitrogens is 2. The Bertz CT molecular complexity index is 1330. The van der Waals surface area contributed by atoms with Crippen LogP contribution in [0.15, 0.2) is 54.9 Å². The zero-order chi connectivity index (χ0) is 28.5. The van der Waals surface area contributed by atoms with Crippen molar-refractivity contribution < 1.29 is 19.1 Å². The highest BCUT2D eigenvalue weighted by atomic mass is 35.5. The lowest BCUT2D eigenvalue weighted by molar-refractivity contribution is -0.121. The lowest BCUT2D eigenvalue weighted by Crippen LogP contribution is -2.45. The van der Waals surface area contributed by atoms with Gasteiger partial charge in [0.15, 0.2) is 11.5 Å². The number of amides is 2. The summed E-state index contributed by atoms with van der Waals surface area (Å²) in [6.45, 7) is 2.58. The topological polar surface area (TPSA) is 122 Å². The molecule has 2 aromatic carbocycles. The highest BCUT2D eigenvalue weighted by Crippen LogP contribution is 2.29. The Morgan fingerprint density at radius 3 is 2.62 bits per heavy atom. The molecule has 1 aliphatic heterocycles. The third-order valence-corrected chi connectivity index (χ3v) is 7.27. The molecule has 1 saturated heterocycles. The number of nitrogens with one attached hydrogen (secondary N) is 3. The third kappa shape index (κ3) is 8.20. The fourth-order valence-electron chi connectivity index (χ4n) is 4.45. The summed E-state index contributed by atoms with van der Waals surface area (Å²) in [5, 5.41) is 18.6. The molecule has 1 fully saturated rings. The zero-order valence-electron chi connectivity index (χ0n) is 22.2. The van der Waals surface area contributed by atoms with Crippen molar-refractivity contribution in [1.29, 1.82) is 5.41 Å². The minimum atomic E-state index is -0.249. The fraction of sp³-hybridized carbons (Fsp3) is 0.357. The number of rotatable bonds is 10. The van der Waals surface area contributed by atoms with Gasteiger partial charge in [-0.15, -0.1) is 0 Å². The monoisotopic (exact) mass is 586 g/mol. The molecule has 3 aromatic rings. The quantitative estimate of drug-likeness (QED) is 0.245. The van der Waals surface area contributed by atoms with Crippen LogP contribution in [-0.4, -0.2) is 72.4 Å². The van der Waals surface area contributed by atoms with Gasteiger partial charge < -0.3 is 14.8 Å². The molecule has 0 atom stereocenters. The molecule has 10 nitrogen and oxygen atoms in total. The number of piperidine rings is 1. The largest absolute Gasteiger partial charge is 0.493 e. The molecular weight excluding hydrogens is 555 g/mol. The first-order chi connectivity index (χ1) is 19.3. The van der Waals surface area contributed by atoms with E-state index in [1.54, 1.807) is 55.9 Å². The molecule has 2 heterocycles. The van der Waals surface area contributed by atoms with Gasteiger partial charge in [0.25, 0.3) is 5.91 Å². The highest BCUT2D eigenvalue weighted by Gasteiger charge is 2.22. The van der Waals surface area contributed by atoms with Crippen molar-refractivity contribution in [2.24, 2.45) is 5.92 Å². The van der Waals surface area contributed by atoms with Gasteiger partial charge in [0.1, 0.15) is 0 Å². The summed E-state index contributed by atoms with van der Waals surface area (Å²) in [6.07, 6.45) is 5.43. The van der Waals surface area contributed by atoms with Crippen LogP contribution in [0.2, 0.25) is 10.0 Å². The van der Waals surface area contributed by atoms with E-state index in [2.05, 4.69) is 15.7 Å². The van der Waals surface area contributed by atoms with Gasteiger partial charge in [-0.05, 0) is 73.8 Å². The van der Waals surface area contributed by atoms with Crippen LogP contribution in [0, 0.1) is 11.3 Å². The maximum absolute atomic E-state index is 12.9. The summed E-state index contributed by atoms with van der Waals surface area (Å²) in [6, 6.07) is 12.1. The Balaban J connectivity index is 1.21. The molecule has 0 bridgehead atoms.